The molecule has 17 heavy (non-hydrogen) atoms. The number of carboxylic acids is 1. The highest BCUT2D eigenvalue weighted by Gasteiger charge is 2.19. The van der Waals surface area contributed by atoms with Crippen LogP contribution in [0.2, 0.25) is 0 Å². The number of amides is 2. The highest BCUT2D eigenvalue weighted by atomic mass is 32.2. The maximum atomic E-state index is 11.4. The molecule has 0 aliphatic heterocycles. The lowest BCUT2D eigenvalue weighted by Crippen LogP contribution is -2.44. The molecule has 0 aromatic rings. The summed E-state index contributed by atoms with van der Waals surface area (Å²) >= 11 is 1.56. The number of carboxylic acid groups (broad SMARTS) is 1. The Morgan fingerprint density at radius 2 is 2.24 bits per heavy atom. The zero-order valence-corrected chi connectivity index (χ0v) is 10.6. The van der Waals surface area contributed by atoms with Crippen LogP contribution in [0.5, 0.6) is 0 Å². The van der Waals surface area contributed by atoms with E-state index in [2.05, 4.69) is 10.6 Å². The molecule has 1 atom stereocenters. The molecule has 1 aliphatic carbocycles. The minimum Gasteiger partial charge on any atom is -0.480 e. The van der Waals surface area contributed by atoms with Crippen molar-refractivity contribution in [1.29, 1.82) is 0 Å². The first-order valence-electron chi connectivity index (χ1n) is 5.59. The molecule has 96 valence electrons. The third-order valence-corrected chi connectivity index (χ3v) is 3.06. The summed E-state index contributed by atoms with van der Waals surface area (Å²) in [6.07, 6.45) is 8.18. The van der Waals surface area contributed by atoms with Gasteiger partial charge in [0.25, 0.3) is 0 Å². The first-order valence-corrected chi connectivity index (χ1v) is 6.98. The van der Waals surface area contributed by atoms with E-state index in [0.717, 1.165) is 0 Å². The maximum absolute atomic E-state index is 11.4. The first-order chi connectivity index (χ1) is 8.13. The second-order valence-electron chi connectivity index (χ2n) is 3.99. The molecule has 0 bridgehead atoms. The molecular weight excluding hydrogens is 240 g/mol. The molecule has 3 N–H and O–H groups in total. The van der Waals surface area contributed by atoms with Gasteiger partial charge in [-0.3, -0.25) is 0 Å². The zero-order chi connectivity index (χ0) is 12.7. The van der Waals surface area contributed by atoms with Crippen LogP contribution in [0.1, 0.15) is 19.3 Å². The Morgan fingerprint density at radius 3 is 2.76 bits per heavy atom. The smallest absolute Gasteiger partial charge is 0.326 e. The highest BCUT2D eigenvalue weighted by molar-refractivity contribution is 7.98. The van der Waals surface area contributed by atoms with Gasteiger partial charge < -0.3 is 15.7 Å². The SMILES string of the molecule is CSCCC(NC(=O)N/C=C/C1CC1)C(=O)O. The van der Waals surface area contributed by atoms with Gasteiger partial charge in [0.2, 0.25) is 0 Å². The summed E-state index contributed by atoms with van der Waals surface area (Å²) in [5.41, 5.74) is 0. The van der Waals surface area contributed by atoms with Crippen molar-refractivity contribution in [3.05, 3.63) is 12.3 Å². The summed E-state index contributed by atoms with van der Waals surface area (Å²) in [7, 11) is 0. The van der Waals surface area contributed by atoms with Crippen molar-refractivity contribution in [2.24, 2.45) is 5.92 Å². The molecule has 0 radical (unpaired) electrons. The van der Waals surface area contributed by atoms with Gasteiger partial charge in [-0.05, 0) is 37.2 Å². The number of carbonyl (C=O) groups is 2. The second-order valence-corrected chi connectivity index (χ2v) is 4.97. The summed E-state index contributed by atoms with van der Waals surface area (Å²) in [4.78, 5) is 22.2. The predicted octanol–water partition coefficient (Wildman–Crippen LogP) is 1.42. The van der Waals surface area contributed by atoms with Crippen molar-refractivity contribution in [3.63, 3.8) is 0 Å². The number of allylic oxidation sites excluding steroid dienone is 1. The standard InChI is InChI=1S/C11H18N2O3S/c1-17-7-5-9(10(14)15)13-11(16)12-6-4-8-2-3-8/h4,6,8-9H,2-3,5,7H2,1H3,(H,14,15)(H2,12,13,16)/b6-4+. The fraction of sp³-hybridized carbons (Fsp3) is 0.636. The molecule has 6 heteroatoms. The largest absolute Gasteiger partial charge is 0.480 e. The Bertz CT molecular complexity index is 303. The van der Waals surface area contributed by atoms with E-state index in [4.69, 9.17) is 5.11 Å². The van der Waals surface area contributed by atoms with Gasteiger partial charge in [0, 0.05) is 6.20 Å². The van der Waals surface area contributed by atoms with Crippen LogP contribution < -0.4 is 10.6 Å². The van der Waals surface area contributed by atoms with Gasteiger partial charge in [0.15, 0.2) is 0 Å². The molecule has 0 aromatic carbocycles. The number of hydrogen-bond acceptors (Lipinski definition) is 3. The van der Waals surface area contributed by atoms with E-state index in [1.165, 1.54) is 12.8 Å². The van der Waals surface area contributed by atoms with E-state index >= 15 is 0 Å². The minimum absolute atomic E-state index is 0.427. The number of aliphatic carboxylic acids is 1. The van der Waals surface area contributed by atoms with E-state index in [1.54, 1.807) is 18.0 Å². The van der Waals surface area contributed by atoms with Crippen LogP contribution in [0.15, 0.2) is 12.3 Å². The van der Waals surface area contributed by atoms with Crippen LogP contribution in [-0.4, -0.2) is 35.2 Å². The lowest BCUT2D eigenvalue weighted by Gasteiger charge is -2.13. The number of carbonyl (C=O) groups excluding carboxylic acids is 1. The Hall–Kier alpha value is -1.17. The molecule has 1 aliphatic rings. The van der Waals surface area contributed by atoms with Crippen LogP contribution in [-0.2, 0) is 4.79 Å². The number of urea groups is 1. The van der Waals surface area contributed by atoms with Crippen molar-refractivity contribution in [2.75, 3.05) is 12.0 Å². The van der Waals surface area contributed by atoms with Crippen molar-refractivity contribution in [3.8, 4) is 0 Å². The van der Waals surface area contributed by atoms with E-state index in [1.807, 2.05) is 12.3 Å². The lowest BCUT2D eigenvalue weighted by molar-refractivity contribution is -0.139. The number of nitrogens with one attached hydrogen (secondary N) is 2. The molecule has 0 spiro atoms. The van der Waals surface area contributed by atoms with Crippen molar-refractivity contribution in [1.82, 2.24) is 10.6 Å². The monoisotopic (exact) mass is 258 g/mol. The third-order valence-electron chi connectivity index (χ3n) is 2.42. The molecule has 2 amide bonds. The summed E-state index contributed by atoms with van der Waals surface area (Å²) in [6, 6.07) is -1.29. The Balaban J connectivity index is 2.26. The second kappa shape index (κ2) is 7.21. The average Bonchev–Trinajstić information content (AvgIpc) is 3.07. The molecule has 1 fully saturated rings. The molecule has 5 nitrogen and oxygen atoms in total. The van der Waals surface area contributed by atoms with Crippen LogP contribution in [0.3, 0.4) is 0 Å². The van der Waals surface area contributed by atoms with Crippen molar-refractivity contribution in [2.45, 2.75) is 25.3 Å². The summed E-state index contributed by atoms with van der Waals surface area (Å²) in [5, 5.41) is 13.8. The number of rotatable bonds is 7. The van der Waals surface area contributed by atoms with Crippen molar-refractivity contribution >= 4 is 23.8 Å². The Kier molecular flexibility index (Phi) is 5.90. The molecule has 1 saturated carbocycles. The van der Waals surface area contributed by atoms with Gasteiger partial charge >= 0.3 is 12.0 Å². The topological polar surface area (TPSA) is 78.4 Å². The molecule has 0 saturated heterocycles. The first kappa shape index (κ1) is 13.9. The average molecular weight is 258 g/mol. The lowest BCUT2D eigenvalue weighted by atomic mass is 10.2. The van der Waals surface area contributed by atoms with E-state index in [-0.39, 0.29) is 0 Å². The number of hydrogen-bond donors (Lipinski definition) is 3. The van der Waals surface area contributed by atoms with E-state index < -0.39 is 18.0 Å². The summed E-state index contributed by atoms with van der Waals surface area (Å²) < 4.78 is 0. The van der Waals surface area contributed by atoms with Crippen LogP contribution in [0, 0.1) is 5.92 Å². The number of thioether (sulfide) groups is 1. The van der Waals surface area contributed by atoms with Gasteiger partial charge in [0.05, 0.1) is 0 Å². The third kappa shape index (κ3) is 6.21. The van der Waals surface area contributed by atoms with Crippen molar-refractivity contribution < 1.29 is 14.7 Å². The van der Waals surface area contributed by atoms with E-state index in [9.17, 15) is 9.59 Å². The quantitative estimate of drug-likeness (QED) is 0.645. The molecule has 0 heterocycles. The maximum Gasteiger partial charge on any atom is 0.326 e. The predicted molar refractivity (Wildman–Crippen MR) is 68.0 cm³/mol. The highest BCUT2D eigenvalue weighted by Crippen LogP contribution is 2.29. The summed E-state index contributed by atoms with van der Waals surface area (Å²) in [6.45, 7) is 0. The molecule has 0 aromatic heterocycles. The normalized spacial score (nSPS) is 16.8. The summed E-state index contributed by atoms with van der Waals surface area (Å²) in [5.74, 6) is 0.289. The van der Waals surface area contributed by atoms with Gasteiger partial charge in [-0.25, -0.2) is 9.59 Å². The minimum atomic E-state index is -1.000. The van der Waals surface area contributed by atoms with Crippen LogP contribution in [0.4, 0.5) is 4.79 Å². The molecule has 1 rings (SSSR count). The van der Waals surface area contributed by atoms with Gasteiger partial charge in [-0.15, -0.1) is 0 Å². The zero-order valence-electron chi connectivity index (χ0n) is 9.81. The Labute approximate surface area is 105 Å². The van der Waals surface area contributed by atoms with Gasteiger partial charge in [-0.1, -0.05) is 6.08 Å². The van der Waals surface area contributed by atoms with Crippen LogP contribution in [0.25, 0.3) is 0 Å². The Morgan fingerprint density at radius 1 is 1.53 bits per heavy atom. The van der Waals surface area contributed by atoms with Crippen LogP contribution >= 0.6 is 11.8 Å². The molecular formula is C11H18N2O3S. The van der Waals surface area contributed by atoms with Gasteiger partial charge in [-0.2, -0.15) is 11.8 Å². The van der Waals surface area contributed by atoms with Gasteiger partial charge in [0.1, 0.15) is 6.04 Å². The fourth-order valence-electron chi connectivity index (χ4n) is 1.24. The fourth-order valence-corrected chi connectivity index (χ4v) is 1.71. The van der Waals surface area contributed by atoms with E-state index in [0.29, 0.717) is 18.1 Å². The molecule has 1 unspecified atom stereocenters.